The van der Waals surface area contributed by atoms with Crippen LogP contribution in [-0.2, 0) is 4.74 Å². The van der Waals surface area contributed by atoms with Crippen LogP contribution in [0.2, 0.25) is 0 Å². The molecule has 1 aromatic rings. The Morgan fingerprint density at radius 3 is 2.59 bits per heavy atom. The largest absolute Gasteiger partial charge is 0.381 e. The Kier molecular flexibility index (Phi) is 4.04. The van der Waals surface area contributed by atoms with Crippen molar-refractivity contribution in [1.29, 1.82) is 0 Å². The predicted molar refractivity (Wildman–Crippen MR) is 60.0 cm³/mol. The number of hydrogen-bond acceptors (Lipinski definition) is 3. The van der Waals surface area contributed by atoms with E-state index in [9.17, 15) is 8.78 Å². The maximum atomic E-state index is 13.7. The lowest BCUT2D eigenvalue weighted by Gasteiger charge is -2.30. The Hall–Kier alpha value is -1.04. The average molecular weight is 242 g/mol. The molecule has 1 atom stereocenters. The van der Waals surface area contributed by atoms with Gasteiger partial charge in [-0.25, -0.2) is 8.78 Å². The zero-order valence-electron chi connectivity index (χ0n) is 9.46. The van der Waals surface area contributed by atoms with Gasteiger partial charge in [0, 0.05) is 24.8 Å². The third kappa shape index (κ3) is 2.80. The SMILES string of the molecule is NNC(c1ccc(F)cc1F)C1CCOCC1. The van der Waals surface area contributed by atoms with Gasteiger partial charge in [0.25, 0.3) is 0 Å². The molecule has 0 saturated carbocycles. The van der Waals surface area contributed by atoms with Crippen LogP contribution in [0.1, 0.15) is 24.4 Å². The van der Waals surface area contributed by atoms with Crippen molar-refractivity contribution in [2.24, 2.45) is 11.8 Å². The summed E-state index contributed by atoms with van der Waals surface area (Å²) in [4.78, 5) is 0. The summed E-state index contributed by atoms with van der Waals surface area (Å²) in [6.07, 6.45) is 1.65. The van der Waals surface area contributed by atoms with E-state index >= 15 is 0 Å². The molecule has 0 amide bonds. The highest BCUT2D eigenvalue weighted by Crippen LogP contribution is 2.30. The molecule has 1 saturated heterocycles. The zero-order chi connectivity index (χ0) is 12.3. The van der Waals surface area contributed by atoms with Gasteiger partial charge >= 0.3 is 0 Å². The summed E-state index contributed by atoms with van der Waals surface area (Å²) in [5, 5.41) is 0. The van der Waals surface area contributed by atoms with Crippen LogP contribution in [0.15, 0.2) is 18.2 Å². The molecule has 1 aliphatic rings. The molecular weight excluding hydrogens is 226 g/mol. The van der Waals surface area contributed by atoms with Crippen LogP contribution in [0, 0.1) is 17.6 Å². The lowest BCUT2D eigenvalue weighted by Crippen LogP contribution is -2.36. The number of nitrogens with two attached hydrogens (primary N) is 1. The highest BCUT2D eigenvalue weighted by molar-refractivity contribution is 5.22. The van der Waals surface area contributed by atoms with E-state index in [1.54, 1.807) is 0 Å². The van der Waals surface area contributed by atoms with Gasteiger partial charge < -0.3 is 4.74 Å². The summed E-state index contributed by atoms with van der Waals surface area (Å²) < 4.78 is 31.8. The Balaban J connectivity index is 2.21. The van der Waals surface area contributed by atoms with Crippen LogP contribution >= 0.6 is 0 Å². The van der Waals surface area contributed by atoms with Crippen molar-refractivity contribution < 1.29 is 13.5 Å². The second kappa shape index (κ2) is 5.53. The van der Waals surface area contributed by atoms with Crippen LogP contribution in [0.3, 0.4) is 0 Å². The lowest BCUT2D eigenvalue weighted by atomic mass is 9.87. The fourth-order valence-electron chi connectivity index (χ4n) is 2.28. The maximum Gasteiger partial charge on any atom is 0.130 e. The molecule has 1 unspecified atom stereocenters. The predicted octanol–water partition coefficient (Wildman–Crippen LogP) is 1.90. The molecule has 1 aliphatic heterocycles. The number of nitrogens with one attached hydrogen (secondary N) is 1. The van der Waals surface area contributed by atoms with E-state index in [0.29, 0.717) is 18.8 Å². The van der Waals surface area contributed by atoms with Gasteiger partial charge in [0.15, 0.2) is 0 Å². The van der Waals surface area contributed by atoms with Crippen LogP contribution in [-0.4, -0.2) is 13.2 Å². The van der Waals surface area contributed by atoms with Gasteiger partial charge in [-0.1, -0.05) is 6.07 Å². The van der Waals surface area contributed by atoms with Crippen molar-refractivity contribution in [3.8, 4) is 0 Å². The molecule has 2 rings (SSSR count). The van der Waals surface area contributed by atoms with Crippen LogP contribution in [0.5, 0.6) is 0 Å². The topological polar surface area (TPSA) is 47.3 Å². The number of benzene rings is 1. The fraction of sp³-hybridized carbons (Fsp3) is 0.500. The lowest BCUT2D eigenvalue weighted by molar-refractivity contribution is 0.0531. The van der Waals surface area contributed by atoms with Crippen molar-refractivity contribution in [1.82, 2.24) is 5.43 Å². The van der Waals surface area contributed by atoms with Crippen molar-refractivity contribution in [3.05, 3.63) is 35.4 Å². The first-order chi connectivity index (χ1) is 8.22. The molecule has 0 radical (unpaired) electrons. The monoisotopic (exact) mass is 242 g/mol. The Morgan fingerprint density at radius 2 is 2.00 bits per heavy atom. The van der Waals surface area contributed by atoms with Crippen LogP contribution in [0.4, 0.5) is 8.78 Å². The summed E-state index contributed by atoms with van der Waals surface area (Å²) in [6, 6.07) is 3.30. The highest BCUT2D eigenvalue weighted by Gasteiger charge is 2.26. The van der Waals surface area contributed by atoms with Gasteiger partial charge in [-0.3, -0.25) is 11.3 Å². The van der Waals surface area contributed by atoms with Crippen LogP contribution in [0.25, 0.3) is 0 Å². The molecule has 0 bridgehead atoms. The van der Waals surface area contributed by atoms with Gasteiger partial charge in [0.05, 0.1) is 6.04 Å². The van der Waals surface area contributed by atoms with Crippen molar-refractivity contribution >= 4 is 0 Å². The number of halogens is 2. The van der Waals surface area contributed by atoms with E-state index in [1.165, 1.54) is 12.1 Å². The molecule has 3 N–H and O–H groups in total. The van der Waals surface area contributed by atoms with Gasteiger partial charge in [-0.05, 0) is 24.8 Å². The van der Waals surface area contributed by atoms with E-state index in [4.69, 9.17) is 10.6 Å². The minimum Gasteiger partial charge on any atom is -0.381 e. The molecule has 0 aromatic heterocycles. The first kappa shape index (κ1) is 12.4. The molecule has 0 aliphatic carbocycles. The van der Waals surface area contributed by atoms with E-state index in [1.807, 2.05) is 0 Å². The Bertz CT molecular complexity index is 381. The molecule has 3 nitrogen and oxygen atoms in total. The quantitative estimate of drug-likeness (QED) is 0.628. The van der Waals surface area contributed by atoms with Gasteiger partial charge in [0.1, 0.15) is 11.6 Å². The molecule has 1 heterocycles. The van der Waals surface area contributed by atoms with Crippen molar-refractivity contribution in [2.45, 2.75) is 18.9 Å². The Morgan fingerprint density at radius 1 is 1.29 bits per heavy atom. The third-order valence-corrected chi connectivity index (χ3v) is 3.21. The first-order valence-electron chi connectivity index (χ1n) is 5.71. The Labute approximate surface area is 98.9 Å². The zero-order valence-corrected chi connectivity index (χ0v) is 9.46. The molecule has 17 heavy (non-hydrogen) atoms. The van der Waals surface area contributed by atoms with E-state index in [0.717, 1.165) is 18.9 Å². The summed E-state index contributed by atoms with van der Waals surface area (Å²) in [7, 11) is 0. The maximum absolute atomic E-state index is 13.7. The molecule has 1 aromatic carbocycles. The minimum absolute atomic E-state index is 0.216. The van der Waals surface area contributed by atoms with Crippen LogP contribution < -0.4 is 11.3 Å². The van der Waals surface area contributed by atoms with E-state index in [-0.39, 0.29) is 12.0 Å². The molecule has 0 spiro atoms. The molecule has 1 fully saturated rings. The molecule has 5 heteroatoms. The van der Waals surface area contributed by atoms with Crippen molar-refractivity contribution in [2.75, 3.05) is 13.2 Å². The molecule has 94 valence electrons. The second-order valence-electron chi connectivity index (χ2n) is 4.26. The normalized spacial score (nSPS) is 19.2. The van der Waals surface area contributed by atoms with E-state index < -0.39 is 11.6 Å². The number of hydrogen-bond donors (Lipinski definition) is 2. The second-order valence-corrected chi connectivity index (χ2v) is 4.26. The smallest absolute Gasteiger partial charge is 0.130 e. The van der Waals surface area contributed by atoms with E-state index in [2.05, 4.69) is 5.43 Å². The minimum atomic E-state index is -0.575. The van der Waals surface area contributed by atoms with Gasteiger partial charge in [-0.2, -0.15) is 0 Å². The average Bonchev–Trinajstić information content (AvgIpc) is 2.34. The first-order valence-corrected chi connectivity index (χ1v) is 5.71. The fourth-order valence-corrected chi connectivity index (χ4v) is 2.28. The highest BCUT2D eigenvalue weighted by atomic mass is 19.1. The van der Waals surface area contributed by atoms with Crippen molar-refractivity contribution in [3.63, 3.8) is 0 Å². The van der Waals surface area contributed by atoms with Gasteiger partial charge in [-0.15, -0.1) is 0 Å². The summed E-state index contributed by atoms with van der Waals surface area (Å²) >= 11 is 0. The summed E-state index contributed by atoms with van der Waals surface area (Å²) in [5.74, 6) is 4.58. The summed E-state index contributed by atoms with van der Waals surface area (Å²) in [6.45, 7) is 1.32. The standard InChI is InChI=1S/C12H16F2N2O/c13-9-1-2-10(11(14)7-9)12(16-15)8-3-5-17-6-4-8/h1-2,7-8,12,16H,3-6,15H2. The number of rotatable bonds is 3. The third-order valence-electron chi connectivity index (χ3n) is 3.21. The number of ether oxygens (including phenoxy) is 1. The van der Waals surface area contributed by atoms with Gasteiger partial charge in [0.2, 0.25) is 0 Å². The number of hydrazine groups is 1. The summed E-state index contributed by atoms with van der Waals surface area (Å²) in [5.41, 5.74) is 3.05. The molecular formula is C12H16F2N2O.